The molecule has 1 amide bonds. The number of hydrogen-bond acceptors (Lipinski definition) is 8. The Balaban J connectivity index is 0.000000552. The van der Waals surface area contributed by atoms with E-state index in [1.807, 2.05) is 12.1 Å². The summed E-state index contributed by atoms with van der Waals surface area (Å²) in [5.74, 6) is 6.55. The lowest BCUT2D eigenvalue weighted by atomic mass is 9.95. The van der Waals surface area contributed by atoms with Crippen molar-refractivity contribution in [3.63, 3.8) is 0 Å². The van der Waals surface area contributed by atoms with Crippen LogP contribution in [0.5, 0.6) is 0 Å². The Morgan fingerprint density at radius 1 is 1.34 bits per heavy atom. The highest BCUT2D eigenvalue weighted by Gasteiger charge is 2.59. The Hall–Kier alpha value is -2.78. The Kier molecular flexibility index (Phi) is 6.29. The predicted octanol–water partition coefficient (Wildman–Crippen LogP) is 0.610. The molecule has 9 heteroatoms. The van der Waals surface area contributed by atoms with Crippen molar-refractivity contribution in [2.45, 2.75) is 17.9 Å². The third-order valence-corrected chi connectivity index (χ3v) is 5.73. The van der Waals surface area contributed by atoms with Crippen molar-refractivity contribution in [1.29, 1.82) is 0 Å². The molecule has 9 nitrogen and oxygen atoms in total. The summed E-state index contributed by atoms with van der Waals surface area (Å²) in [6.07, 6.45) is 3.59. The van der Waals surface area contributed by atoms with Crippen molar-refractivity contribution in [2.75, 3.05) is 45.2 Å². The number of cyclic esters (lactones) is 1. The molecule has 3 fully saturated rings. The molecule has 1 aromatic carbocycles. The third kappa shape index (κ3) is 4.46. The summed E-state index contributed by atoms with van der Waals surface area (Å²) in [5.41, 5.74) is 7.91. The van der Waals surface area contributed by atoms with E-state index < -0.39 is 0 Å². The lowest BCUT2D eigenvalue weighted by molar-refractivity contribution is -0.126. The SMILES string of the molecule is CN1CC2CC2(c2ccc(N3CC(CN(N)/C=C\N)OC3=O)cc2)C1.COC=O. The summed E-state index contributed by atoms with van der Waals surface area (Å²) >= 11 is 0. The number of carbonyl (C=O) groups excluding carboxylic acids is 2. The normalized spacial score (nSPS) is 27.8. The van der Waals surface area contributed by atoms with Gasteiger partial charge in [-0.2, -0.15) is 0 Å². The van der Waals surface area contributed by atoms with Crippen LogP contribution < -0.4 is 16.5 Å². The summed E-state index contributed by atoms with van der Waals surface area (Å²) in [6.45, 7) is 3.59. The van der Waals surface area contributed by atoms with Crippen LogP contribution in [-0.4, -0.2) is 68.9 Å². The molecule has 1 aliphatic carbocycles. The van der Waals surface area contributed by atoms with Gasteiger partial charge in [0.15, 0.2) is 0 Å². The molecule has 29 heavy (non-hydrogen) atoms. The molecule has 4 N–H and O–H groups in total. The number of ether oxygens (including phenoxy) is 2. The van der Waals surface area contributed by atoms with E-state index in [1.54, 1.807) is 11.1 Å². The number of nitrogens with two attached hydrogens (primary N) is 2. The molecule has 0 radical (unpaired) electrons. The Morgan fingerprint density at radius 2 is 2.03 bits per heavy atom. The number of piperidine rings is 1. The van der Waals surface area contributed by atoms with Crippen molar-refractivity contribution < 1.29 is 19.1 Å². The van der Waals surface area contributed by atoms with E-state index in [-0.39, 0.29) is 12.2 Å². The quantitative estimate of drug-likeness (QED) is 0.403. The molecule has 2 saturated heterocycles. The fraction of sp³-hybridized carbons (Fsp3) is 0.500. The molecular formula is C20H29N5O4. The van der Waals surface area contributed by atoms with Crippen molar-refractivity contribution >= 4 is 18.3 Å². The van der Waals surface area contributed by atoms with Gasteiger partial charge < -0.3 is 25.1 Å². The van der Waals surface area contributed by atoms with Crippen LogP contribution in [0, 0.1) is 5.92 Å². The van der Waals surface area contributed by atoms with Crippen LogP contribution >= 0.6 is 0 Å². The molecule has 1 saturated carbocycles. The van der Waals surface area contributed by atoms with E-state index >= 15 is 0 Å². The predicted molar refractivity (Wildman–Crippen MR) is 109 cm³/mol. The van der Waals surface area contributed by atoms with Crippen LogP contribution in [0.1, 0.15) is 12.0 Å². The van der Waals surface area contributed by atoms with Crippen LogP contribution in [0.15, 0.2) is 36.7 Å². The summed E-state index contributed by atoms with van der Waals surface area (Å²) in [7, 11) is 3.50. The maximum atomic E-state index is 12.2. The van der Waals surface area contributed by atoms with Gasteiger partial charge in [-0.25, -0.2) is 10.6 Å². The second-order valence-electron chi connectivity index (χ2n) is 7.79. The first-order chi connectivity index (χ1) is 13.9. The maximum absolute atomic E-state index is 12.2. The fourth-order valence-corrected chi connectivity index (χ4v) is 4.39. The first-order valence-corrected chi connectivity index (χ1v) is 9.57. The molecule has 4 rings (SSSR count). The van der Waals surface area contributed by atoms with Crippen LogP contribution in [0.3, 0.4) is 0 Å². The zero-order chi connectivity index (χ0) is 21.0. The Bertz CT molecular complexity index is 756. The minimum absolute atomic E-state index is 0.275. The summed E-state index contributed by atoms with van der Waals surface area (Å²) in [6, 6.07) is 8.39. The van der Waals surface area contributed by atoms with Gasteiger partial charge in [0.1, 0.15) is 6.10 Å². The number of likely N-dealkylation sites (N-methyl/N-ethyl adjacent to an activating group) is 1. The molecule has 3 aliphatic rings. The standard InChI is InChI=1S/C18H25N5O2.C2H4O2/c1-21-9-14-8-18(14,12-21)13-2-4-15(5-3-13)23-11-16(25-17(23)24)10-22(20)7-6-19;1-4-2-3/h2-7,14,16H,8-12,19-20H2,1H3;2H,1H3/b7-6-;. The lowest BCUT2D eigenvalue weighted by Gasteiger charge is -2.19. The van der Waals surface area contributed by atoms with E-state index in [2.05, 4.69) is 28.8 Å². The molecule has 2 heterocycles. The number of benzene rings is 1. The van der Waals surface area contributed by atoms with Gasteiger partial charge >= 0.3 is 6.09 Å². The zero-order valence-electron chi connectivity index (χ0n) is 16.9. The highest BCUT2D eigenvalue weighted by atomic mass is 16.6. The number of amides is 1. The Morgan fingerprint density at radius 3 is 2.59 bits per heavy atom. The van der Waals surface area contributed by atoms with Crippen molar-refractivity contribution in [3.8, 4) is 0 Å². The van der Waals surface area contributed by atoms with Crippen molar-refractivity contribution in [1.82, 2.24) is 9.91 Å². The number of hydrogen-bond donors (Lipinski definition) is 2. The molecule has 3 atom stereocenters. The summed E-state index contributed by atoms with van der Waals surface area (Å²) in [5, 5.41) is 1.42. The van der Waals surface area contributed by atoms with Gasteiger partial charge in [0.25, 0.3) is 6.47 Å². The third-order valence-electron chi connectivity index (χ3n) is 5.73. The number of likely N-dealkylation sites (tertiary alicyclic amines) is 1. The highest BCUT2D eigenvalue weighted by Crippen LogP contribution is 2.58. The first kappa shape index (κ1) is 20.9. The summed E-state index contributed by atoms with van der Waals surface area (Å²) < 4.78 is 9.26. The number of methoxy groups -OCH3 is 1. The van der Waals surface area contributed by atoms with Gasteiger partial charge in [0.2, 0.25) is 0 Å². The average Bonchev–Trinajstić information content (AvgIpc) is 3.08. The zero-order valence-corrected chi connectivity index (χ0v) is 16.9. The van der Waals surface area contributed by atoms with Crippen LogP contribution in [0.25, 0.3) is 0 Å². The number of fused-ring (bicyclic) bond motifs is 1. The van der Waals surface area contributed by atoms with Crippen LogP contribution in [0.4, 0.5) is 10.5 Å². The second-order valence-corrected chi connectivity index (χ2v) is 7.79. The van der Waals surface area contributed by atoms with E-state index in [4.69, 9.17) is 21.1 Å². The molecule has 158 valence electrons. The molecule has 0 bridgehead atoms. The van der Waals surface area contributed by atoms with Crippen molar-refractivity contribution in [3.05, 3.63) is 42.2 Å². The van der Waals surface area contributed by atoms with Crippen LogP contribution in [0.2, 0.25) is 0 Å². The largest absolute Gasteiger partial charge is 0.471 e. The smallest absolute Gasteiger partial charge is 0.414 e. The topological polar surface area (TPSA) is 114 Å². The fourth-order valence-electron chi connectivity index (χ4n) is 4.39. The maximum Gasteiger partial charge on any atom is 0.414 e. The lowest BCUT2D eigenvalue weighted by Crippen LogP contribution is -2.36. The van der Waals surface area contributed by atoms with Crippen molar-refractivity contribution in [2.24, 2.45) is 17.5 Å². The van der Waals surface area contributed by atoms with Gasteiger partial charge in [0.05, 0.1) is 20.2 Å². The second kappa shape index (κ2) is 8.71. The van der Waals surface area contributed by atoms with Gasteiger partial charge in [-0.1, -0.05) is 12.1 Å². The molecule has 0 spiro atoms. The molecular weight excluding hydrogens is 374 g/mol. The first-order valence-electron chi connectivity index (χ1n) is 9.57. The monoisotopic (exact) mass is 403 g/mol. The summed E-state index contributed by atoms with van der Waals surface area (Å²) in [4.78, 5) is 25.2. The van der Waals surface area contributed by atoms with Crippen LogP contribution in [-0.2, 0) is 19.7 Å². The van der Waals surface area contributed by atoms with E-state index in [0.717, 1.165) is 18.2 Å². The number of anilines is 1. The number of hydrazine groups is 1. The van der Waals surface area contributed by atoms with Gasteiger partial charge in [-0.05, 0) is 37.1 Å². The minimum atomic E-state index is -0.328. The average molecular weight is 403 g/mol. The minimum Gasteiger partial charge on any atom is -0.471 e. The Labute approximate surface area is 170 Å². The van der Waals surface area contributed by atoms with Gasteiger partial charge in [-0.15, -0.1) is 0 Å². The van der Waals surface area contributed by atoms with Gasteiger partial charge in [-0.3, -0.25) is 9.69 Å². The number of rotatable bonds is 6. The number of carbonyl (C=O) groups is 2. The number of nitrogens with zero attached hydrogens (tertiary/aromatic N) is 3. The van der Waals surface area contributed by atoms with E-state index in [0.29, 0.717) is 25.0 Å². The highest BCUT2D eigenvalue weighted by molar-refractivity contribution is 5.89. The molecule has 0 aromatic heterocycles. The molecule has 3 unspecified atom stereocenters. The van der Waals surface area contributed by atoms with E-state index in [9.17, 15) is 4.79 Å². The molecule has 1 aromatic rings. The van der Waals surface area contributed by atoms with Gasteiger partial charge in [0, 0.05) is 36.6 Å². The molecule has 2 aliphatic heterocycles. The van der Waals surface area contributed by atoms with E-state index in [1.165, 1.54) is 36.8 Å².